The molecule has 2 N–H and O–H groups in total. The van der Waals surface area contributed by atoms with E-state index in [9.17, 15) is 4.79 Å². The van der Waals surface area contributed by atoms with Crippen molar-refractivity contribution < 1.29 is 9.53 Å². The fraction of sp³-hybridized carbons (Fsp3) is 0.200. The van der Waals surface area contributed by atoms with Gasteiger partial charge in [0.2, 0.25) is 0 Å². The van der Waals surface area contributed by atoms with Crippen LogP contribution in [-0.4, -0.2) is 23.0 Å². The molecule has 0 aromatic carbocycles. The molecule has 2 heterocycles. The number of rotatable bonds is 3. The highest BCUT2D eigenvalue weighted by molar-refractivity contribution is 7.71. The Labute approximate surface area is 101 Å². The van der Waals surface area contributed by atoms with Crippen molar-refractivity contribution in [3.8, 4) is 0 Å². The first-order valence-electron chi connectivity index (χ1n) is 4.62. The molecule has 0 spiro atoms. The molecular formula is C10H10N2O2S2. The van der Waals surface area contributed by atoms with Crippen LogP contribution in [0.3, 0.4) is 0 Å². The summed E-state index contributed by atoms with van der Waals surface area (Å²) in [6.45, 7) is 0. The summed E-state index contributed by atoms with van der Waals surface area (Å²) in [5.74, 6) is -0.404. The zero-order chi connectivity index (χ0) is 11.5. The van der Waals surface area contributed by atoms with E-state index in [-0.39, 0.29) is 0 Å². The van der Waals surface area contributed by atoms with Crippen LogP contribution in [-0.2, 0) is 11.2 Å². The number of hydrogen-bond donors (Lipinski definition) is 2. The summed E-state index contributed by atoms with van der Waals surface area (Å²) >= 11 is 6.60. The van der Waals surface area contributed by atoms with Crippen LogP contribution in [0.15, 0.2) is 17.5 Å². The topological polar surface area (TPSA) is 57.9 Å². The number of ether oxygens (including phenoxy) is 1. The third-order valence-corrected chi connectivity index (χ3v) is 3.21. The number of carbonyl (C=O) groups is 1. The van der Waals surface area contributed by atoms with Crippen molar-refractivity contribution in [1.82, 2.24) is 9.97 Å². The molecule has 0 amide bonds. The lowest BCUT2D eigenvalue weighted by Gasteiger charge is -1.99. The van der Waals surface area contributed by atoms with Gasteiger partial charge in [-0.3, -0.25) is 0 Å². The fourth-order valence-corrected chi connectivity index (χ4v) is 2.36. The zero-order valence-electron chi connectivity index (χ0n) is 8.57. The van der Waals surface area contributed by atoms with Gasteiger partial charge in [-0.15, -0.1) is 11.3 Å². The maximum atomic E-state index is 11.5. The molecule has 0 bridgehead atoms. The van der Waals surface area contributed by atoms with Crippen molar-refractivity contribution in [3.63, 3.8) is 0 Å². The van der Waals surface area contributed by atoms with Gasteiger partial charge < -0.3 is 14.7 Å². The van der Waals surface area contributed by atoms with E-state index in [2.05, 4.69) is 14.7 Å². The second kappa shape index (κ2) is 4.63. The number of H-pyrrole nitrogens is 2. The fourth-order valence-electron chi connectivity index (χ4n) is 1.42. The van der Waals surface area contributed by atoms with Crippen LogP contribution in [0.4, 0.5) is 0 Å². The first-order chi connectivity index (χ1) is 7.70. The molecule has 6 heteroatoms. The Morgan fingerprint density at radius 2 is 2.38 bits per heavy atom. The highest BCUT2D eigenvalue weighted by Gasteiger charge is 2.15. The highest BCUT2D eigenvalue weighted by Crippen LogP contribution is 2.16. The molecule has 0 aliphatic rings. The van der Waals surface area contributed by atoms with E-state index in [4.69, 9.17) is 12.2 Å². The molecule has 0 saturated heterocycles. The van der Waals surface area contributed by atoms with Gasteiger partial charge in [-0.05, 0) is 23.7 Å². The highest BCUT2D eigenvalue weighted by atomic mass is 32.1. The number of aromatic nitrogens is 2. The summed E-state index contributed by atoms with van der Waals surface area (Å²) < 4.78 is 5.11. The second-order valence-electron chi connectivity index (χ2n) is 3.18. The first-order valence-corrected chi connectivity index (χ1v) is 5.91. The summed E-state index contributed by atoms with van der Waals surface area (Å²) in [5.41, 5.74) is 1.17. The smallest absolute Gasteiger partial charge is 0.356 e. The van der Waals surface area contributed by atoms with Crippen molar-refractivity contribution in [3.05, 3.63) is 38.5 Å². The van der Waals surface area contributed by atoms with Gasteiger partial charge in [0.05, 0.1) is 12.8 Å². The maximum Gasteiger partial charge on any atom is 0.356 e. The minimum Gasteiger partial charge on any atom is -0.464 e. The van der Waals surface area contributed by atoms with Crippen molar-refractivity contribution in [2.75, 3.05) is 7.11 Å². The molecule has 0 saturated carbocycles. The largest absolute Gasteiger partial charge is 0.464 e. The summed E-state index contributed by atoms with van der Waals surface area (Å²) in [4.78, 5) is 18.4. The van der Waals surface area contributed by atoms with Crippen LogP contribution in [0.1, 0.15) is 21.1 Å². The lowest BCUT2D eigenvalue weighted by atomic mass is 10.2. The Morgan fingerprint density at radius 1 is 1.56 bits per heavy atom. The number of hydrogen-bond acceptors (Lipinski definition) is 4. The van der Waals surface area contributed by atoms with Crippen LogP contribution in [0.25, 0.3) is 0 Å². The van der Waals surface area contributed by atoms with Crippen molar-refractivity contribution in [2.24, 2.45) is 0 Å². The number of imidazole rings is 1. The predicted octanol–water partition coefficient (Wildman–Crippen LogP) is 2.51. The Morgan fingerprint density at radius 3 is 3.00 bits per heavy atom. The summed E-state index contributed by atoms with van der Waals surface area (Å²) in [5, 5.41) is 1.99. The molecule has 0 radical (unpaired) electrons. The zero-order valence-corrected chi connectivity index (χ0v) is 10.2. The first kappa shape index (κ1) is 11.1. The van der Waals surface area contributed by atoms with E-state index in [1.165, 1.54) is 7.11 Å². The molecule has 2 aromatic rings. The number of carbonyl (C=O) groups excluding carboxylic acids is 1. The van der Waals surface area contributed by atoms with Gasteiger partial charge in [0, 0.05) is 11.3 Å². The van der Waals surface area contributed by atoms with Crippen LogP contribution in [0, 0.1) is 4.77 Å². The lowest BCUT2D eigenvalue weighted by molar-refractivity contribution is 0.0593. The van der Waals surface area contributed by atoms with Crippen molar-refractivity contribution in [1.29, 1.82) is 0 Å². The van der Waals surface area contributed by atoms with Crippen LogP contribution >= 0.6 is 23.6 Å². The average molecular weight is 254 g/mol. The molecular weight excluding hydrogens is 244 g/mol. The van der Waals surface area contributed by atoms with Gasteiger partial charge in [-0.1, -0.05) is 6.07 Å². The third-order valence-electron chi connectivity index (χ3n) is 2.13. The molecule has 16 heavy (non-hydrogen) atoms. The molecule has 84 valence electrons. The number of thiophene rings is 1. The van der Waals surface area contributed by atoms with Gasteiger partial charge in [0.15, 0.2) is 4.77 Å². The van der Waals surface area contributed by atoms with Crippen molar-refractivity contribution >= 4 is 29.5 Å². The standard InChI is InChI=1S/C10H10N2O2S2/c1-14-9(13)8-7(11-10(15)12-8)5-6-3-2-4-16-6/h2-4H,5H2,1H3,(H2,11,12,15). The molecule has 4 nitrogen and oxygen atoms in total. The number of nitrogens with one attached hydrogen (secondary N) is 2. The van der Waals surface area contributed by atoms with E-state index in [0.717, 1.165) is 10.6 Å². The summed E-state index contributed by atoms with van der Waals surface area (Å²) in [6, 6.07) is 3.98. The molecule has 0 aliphatic heterocycles. The third kappa shape index (κ3) is 2.23. The summed E-state index contributed by atoms with van der Waals surface area (Å²) in [6.07, 6.45) is 0.648. The van der Waals surface area contributed by atoms with Crippen LogP contribution in [0.2, 0.25) is 0 Å². The monoisotopic (exact) mass is 254 g/mol. The van der Waals surface area contributed by atoms with E-state index >= 15 is 0 Å². The van der Waals surface area contributed by atoms with Gasteiger partial charge in [-0.25, -0.2) is 4.79 Å². The predicted molar refractivity (Wildman–Crippen MR) is 64.4 cm³/mol. The van der Waals surface area contributed by atoms with Crippen LogP contribution in [0.5, 0.6) is 0 Å². The summed E-state index contributed by atoms with van der Waals surface area (Å²) in [7, 11) is 1.35. The molecule has 2 rings (SSSR count). The van der Waals surface area contributed by atoms with Gasteiger partial charge in [0.25, 0.3) is 0 Å². The van der Waals surface area contributed by atoms with Crippen LogP contribution < -0.4 is 0 Å². The Kier molecular flexibility index (Phi) is 3.21. The van der Waals surface area contributed by atoms with Gasteiger partial charge >= 0.3 is 5.97 Å². The maximum absolute atomic E-state index is 11.5. The minimum atomic E-state index is -0.404. The SMILES string of the molecule is COC(=O)c1[nH]c(=S)[nH]c1Cc1cccs1. The Balaban J connectivity index is 2.33. The molecule has 0 aliphatic carbocycles. The van der Waals surface area contributed by atoms with E-state index in [1.807, 2.05) is 17.5 Å². The van der Waals surface area contributed by atoms with E-state index < -0.39 is 5.97 Å². The minimum absolute atomic E-state index is 0.404. The second-order valence-corrected chi connectivity index (χ2v) is 4.62. The molecule has 0 atom stereocenters. The molecule has 0 fully saturated rings. The normalized spacial score (nSPS) is 10.3. The van der Waals surface area contributed by atoms with E-state index in [0.29, 0.717) is 16.9 Å². The Bertz CT molecular complexity index is 539. The quantitative estimate of drug-likeness (QED) is 0.653. The number of esters is 1. The van der Waals surface area contributed by atoms with Crippen molar-refractivity contribution in [2.45, 2.75) is 6.42 Å². The average Bonchev–Trinajstić information content (AvgIpc) is 2.88. The molecule has 0 unspecified atom stereocenters. The van der Waals surface area contributed by atoms with Gasteiger partial charge in [0.1, 0.15) is 5.69 Å². The molecule has 2 aromatic heterocycles. The van der Waals surface area contributed by atoms with E-state index in [1.54, 1.807) is 11.3 Å². The number of aromatic amines is 2. The lowest BCUT2D eigenvalue weighted by Crippen LogP contribution is -2.05. The Hall–Kier alpha value is -1.40. The number of methoxy groups -OCH3 is 1. The van der Waals surface area contributed by atoms with Gasteiger partial charge in [-0.2, -0.15) is 0 Å².